The summed E-state index contributed by atoms with van der Waals surface area (Å²) in [6.07, 6.45) is 1.07. The van der Waals surface area contributed by atoms with Crippen molar-refractivity contribution in [2.75, 3.05) is 13.7 Å². The number of hydrogen-bond acceptors (Lipinski definition) is 4. The first-order valence-corrected chi connectivity index (χ1v) is 5.96. The fourth-order valence-electron chi connectivity index (χ4n) is 1.35. The molecule has 5 heteroatoms. The van der Waals surface area contributed by atoms with Crippen LogP contribution in [0.25, 0.3) is 0 Å². The first-order valence-electron chi connectivity index (χ1n) is 5.96. The summed E-state index contributed by atoms with van der Waals surface area (Å²) in [5, 5.41) is 7.62. The molecule has 0 aromatic carbocycles. The zero-order valence-corrected chi connectivity index (χ0v) is 10.8. The zero-order valence-electron chi connectivity index (χ0n) is 10.8. The van der Waals surface area contributed by atoms with E-state index in [1.807, 2.05) is 0 Å². The van der Waals surface area contributed by atoms with Crippen LogP contribution in [0.2, 0.25) is 0 Å². The summed E-state index contributed by atoms with van der Waals surface area (Å²) in [4.78, 5) is 11.5. The highest BCUT2D eigenvalue weighted by Gasteiger charge is 2.02. The van der Waals surface area contributed by atoms with Gasteiger partial charge in [-0.2, -0.15) is 5.10 Å². The van der Waals surface area contributed by atoms with Crippen molar-refractivity contribution in [3.63, 3.8) is 0 Å². The van der Waals surface area contributed by atoms with Crippen molar-refractivity contribution >= 4 is 0 Å². The molecular weight excluding hydrogens is 218 g/mol. The Bertz CT molecular complexity index is 390. The average Bonchev–Trinajstić information content (AvgIpc) is 2.35. The van der Waals surface area contributed by atoms with Gasteiger partial charge in [-0.05, 0) is 19.4 Å². The van der Waals surface area contributed by atoms with Crippen LogP contribution in [0.1, 0.15) is 26.0 Å². The number of aromatic nitrogens is 2. The Morgan fingerprint density at radius 1 is 1.53 bits per heavy atom. The second-order valence-corrected chi connectivity index (χ2v) is 4.07. The van der Waals surface area contributed by atoms with E-state index in [1.54, 1.807) is 19.2 Å². The van der Waals surface area contributed by atoms with Crippen molar-refractivity contribution in [3.05, 3.63) is 28.2 Å². The van der Waals surface area contributed by atoms with Gasteiger partial charge in [-0.1, -0.05) is 6.92 Å². The zero-order chi connectivity index (χ0) is 12.7. The third-order valence-corrected chi connectivity index (χ3v) is 2.67. The number of hydrogen-bond donors (Lipinski definition) is 1. The standard InChI is InChI=1S/C12H21N3O2/c1-4-10(2)13-9-11-5-6-12(16)15(14-11)7-8-17-3/h5-6,10,13H,4,7-9H2,1-3H3. The SMILES string of the molecule is CCC(C)NCc1ccc(=O)n(CCOC)n1. The molecule has 1 aromatic heterocycles. The van der Waals surface area contributed by atoms with Gasteiger partial charge in [0.25, 0.3) is 5.56 Å². The van der Waals surface area contributed by atoms with Gasteiger partial charge in [-0.25, -0.2) is 4.68 Å². The van der Waals surface area contributed by atoms with Crippen molar-refractivity contribution in [3.8, 4) is 0 Å². The minimum Gasteiger partial charge on any atom is -0.383 e. The van der Waals surface area contributed by atoms with Gasteiger partial charge in [0.05, 0.1) is 18.8 Å². The molecule has 0 aliphatic carbocycles. The lowest BCUT2D eigenvalue weighted by molar-refractivity contribution is 0.181. The van der Waals surface area contributed by atoms with E-state index in [2.05, 4.69) is 24.3 Å². The van der Waals surface area contributed by atoms with Crippen molar-refractivity contribution in [2.24, 2.45) is 0 Å². The summed E-state index contributed by atoms with van der Waals surface area (Å²) in [6, 6.07) is 3.77. The first-order chi connectivity index (χ1) is 8.17. The number of methoxy groups -OCH3 is 1. The number of nitrogens with zero attached hydrogens (tertiary/aromatic N) is 2. The predicted molar refractivity (Wildman–Crippen MR) is 67.0 cm³/mol. The smallest absolute Gasteiger partial charge is 0.266 e. The van der Waals surface area contributed by atoms with Crippen molar-refractivity contribution in [2.45, 2.75) is 39.4 Å². The normalized spacial score (nSPS) is 12.6. The third kappa shape index (κ3) is 4.66. The maximum atomic E-state index is 11.5. The van der Waals surface area contributed by atoms with Crippen molar-refractivity contribution < 1.29 is 4.74 Å². The Labute approximate surface area is 102 Å². The van der Waals surface area contributed by atoms with Gasteiger partial charge < -0.3 is 10.1 Å². The van der Waals surface area contributed by atoms with Crippen molar-refractivity contribution in [1.29, 1.82) is 0 Å². The maximum Gasteiger partial charge on any atom is 0.266 e. The molecule has 1 N–H and O–H groups in total. The molecular formula is C12H21N3O2. The molecule has 0 aliphatic rings. The van der Waals surface area contributed by atoms with E-state index < -0.39 is 0 Å². The third-order valence-electron chi connectivity index (χ3n) is 2.67. The van der Waals surface area contributed by atoms with E-state index in [9.17, 15) is 4.79 Å². The second-order valence-electron chi connectivity index (χ2n) is 4.07. The van der Waals surface area contributed by atoms with Crippen molar-refractivity contribution in [1.82, 2.24) is 15.1 Å². The summed E-state index contributed by atoms with van der Waals surface area (Å²) in [6.45, 7) is 5.93. The first kappa shape index (κ1) is 13.9. The van der Waals surface area contributed by atoms with E-state index in [4.69, 9.17) is 4.74 Å². The molecule has 1 aromatic rings. The molecule has 96 valence electrons. The monoisotopic (exact) mass is 239 g/mol. The highest BCUT2D eigenvalue weighted by molar-refractivity contribution is 5.00. The fraction of sp³-hybridized carbons (Fsp3) is 0.667. The Hall–Kier alpha value is -1.20. The van der Waals surface area contributed by atoms with Gasteiger partial charge in [0.1, 0.15) is 0 Å². The molecule has 0 fully saturated rings. The summed E-state index contributed by atoms with van der Waals surface area (Å²) < 4.78 is 6.38. The van der Waals surface area contributed by atoms with E-state index in [0.717, 1.165) is 12.1 Å². The second kappa shape index (κ2) is 7.19. The van der Waals surface area contributed by atoms with E-state index in [0.29, 0.717) is 25.7 Å². The van der Waals surface area contributed by atoms with Gasteiger partial charge in [0.2, 0.25) is 0 Å². The fourth-order valence-corrected chi connectivity index (χ4v) is 1.35. The van der Waals surface area contributed by atoms with E-state index >= 15 is 0 Å². The lowest BCUT2D eigenvalue weighted by Crippen LogP contribution is -2.29. The Morgan fingerprint density at radius 3 is 2.94 bits per heavy atom. The van der Waals surface area contributed by atoms with Gasteiger partial charge in [-0.15, -0.1) is 0 Å². The Kier molecular flexibility index (Phi) is 5.86. The van der Waals surface area contributed by atoms with Crippen LogP contribution in [-0.4, -0.2) is 29.5 Å². The minimum atomic E-state index is -0.0886. The topological polar surface area (TPSA) is 56.2 Å². The summed E-state index contributed by atoms with van der Waals surface area (Å²) in [5.41, 5.74) is 0.787. The van der Waals surface area contributed by atoms with Crippen LogP contribution in [0.15, 0.2) is 16.9 Å². The molecule has 17 heavy (non-hydrogen) atoms. The molecule has 0 saturated heterocycles. The molecule has 0 aliphatic heterocycles. The molecule has 1 rings (SSSR count). The lowest BCUT2D eigenvalue weighted by atomic mass is 10.2. The molecule has 1 atom stereocenters. The largest absolute Gasteiger partial charge is 0.383 e. The van der Waals surface area contributed by atoms with Crippen LogP contribution >= 0.6 is 0 Å². The molecule has 1 unspecified atom stereocenters. The molecule has 1 heterocycles. The van der Waals surface area contributed by atoms with Crippen LogP contribution < -0.4 is 10.9 Å². The quantitative estimate of drug-likeness (QED) is 0.764. The maximum absolute atomic E-state index is 11.5. The predicted octanol–water partition coefficient (Wildman–Crippen LogP) is 0.778. The summed E-state index contributed by atoms with van der Waals surface area (Å²) in [7, 11) is 1.61. The van der Waals surface area contributed by atoms with Gasteiger partial charge in [-0.3, -0.25) is 4.79 Å². The van der Waals surface area contributed by atoms with Crippen LogP contribution in [0.3, 0.4) is 0 Å². The average molecular weight is 239 g/mol. The summed E-state index contributed by atoms with van der Waals surface area (Å²) in [5.74, 6) is 0. The van der Waals surface area contributed by atoms with Crippen LogP contribution in [0, 0.1) is 0 Å². The Balaban J connectivity index is 2.64. The molecule has 0 saturated carbocycles. The molecule has 0 spiro atoms. The van der Waals surface area contributed by atoms with Gasteiger partial charge in [0, 0.05) is 25.8 Å². The lowest BCUT2D eigenvalue weighted by Gasteiger charge is -2.11. The number of nitrogens with one attached hydrogen (secondary N) is 1. The number of rotatable bonds is 7. The minimum absolute atomic E-state index is 0.0886. The van der Waals surface area contributed by atoms with Crippen LogP contribution in [0.4, 0.5) is 0 Å². The number of ether oxygens (including phenoxy) is 1. The Morgan fingerprint density at radius 2 is 2.29 bits per heavy atom. The molecule has 0 amide bonds. The van der Waals surface area contributed by atoms with Gasteiger partial charge >= 0.3 is 0 Å². The van der Waals surface area contributed by atoms with Gasteiger partial charge in [0.15, 0.2) is 0 Å². The van der Waals surface area contributed by atoms with E-state index in [-0.39, 0.29) is 5.56 Å². The molecule has 5 nitrogen and oxygen atoms in total. The van der Waals surface area contributed by atoms with Crippen LogP contribution in [-0.2, 0) is 17.8 Å². The molecule has 0 bridgehead atoms. The summed E-state index contributed by atoms with van der Waals surface area (Å²) >= 11 is 0. The highest BCUT2D eigenvalue weighted by atomic mass is 16.5. The molecule has 0 radical (unpaired) electrons. The van der Waals surface area contributed by atoms with Crippen LogP contribution in [0.5, 0.6) is 0 Å². The highest BCUT2D eigenvalue weighted by Crippen LogP contribution is 1.94. The van der Waals surface area contributed by atoms with E-state index in [1.165, 1.54) is 4.68 Å².